The summed E-state index contributed by atoms with van der Waals surface area (Å²) in [5.74, 6) is -0.304. The third-order valence-electron chi connectivity index (χ3n) is 2.46. The summed E-state index contributed by atoms with van der Waals surface area (Å²) in [4.78, 5) is 0. The molecule has 1 aromatic carbocycles. The molecule has 2 rings (SSSR count). The van der Waals surface area contributed by atoms with Gasteiger partial charge in [-0.05, 0) is 36.7 Å². The number of hydrogen-bond donors (Lipinski definition) is 1. The fourth-order valence-corrected chi connectivity index (χ4v) is 1.91. The first-order valence-corrected chi connectivity index (χ1v) is 6.11. The second-order valence-electron chi connectivity index (χ2n) is 3.97. The normalized spacial score (nSPS) is 10.8. The number of nitrogens with zero attached hydrogens (tertiary/aromatic N) is 3. The summed E-state index contributed by atoms with van der Waals surface area (Å²) in [6.45, 7) is 2.25. The SMILES string of the molecule is Fc1cc(Cl)cc(CNCCCn2ccnn2)c1. The minimum Gasteiger partial charge on any atom is -0.313 e. The molecule has 0 aliphatic carbocycles. The van der Waals surface area contributed by atoms with E-state index in [9.17, 15) is 4.39 Å². The lowest BCUT2D eigenvalue weighted by Gasteiger charge is -2.05. The second-order valence-corrected chi connectivity index (χ2v) is 4.41. The highest BCUT2D eigenvalue weighted by Gasteiger charge is 1.99. The van der Waals surface area contributed by atoms with Gasteiger partial charge in [0, 0.05) is 24.3 Å². The average molecular weight is 269 g/mol. The van der Waals surface area contributed by atoms with Crippen LogP contribution < -0.4 is 5.32 Å². The lowest BCUT2D eigenvalue weighted by molar-refractivity contribution is 0.529. The van der Waals surface area contributed by atoms with Crippen molar-refractivity contribution in [3.8, 4) is 0 Å². The molecule has 1 heterocycles. The second kappa shape index (κ2) is 6.47. The van der Waals surface area contributed by atoms with Gasteiger partial charge < -0.3 is 5.32 Å². The predicted molar refractivity (Wildman–Crippen MR) is 67.8 cm³/mol. The highest BCUT2D eigenvalue weighted by Crippen LogP contribution is 2.13. The zero-order valence-corrected chi connectivity index (χ0v) is 10.6. The molecular formula is C12H14ClFN4. The topological polar surface area (TPSA) is 42.7 Å². The highest BCUT2D eigenvalue weighted by atomic mass is 35.5. The Kier molecular flexibility index (Phi) is 4.66. The van der Waals surface area contributed by atoms with Crippen molar-refractivity contribution in [3.05, 3.63) is 47.0 Å². The molecule has 1 N–H and O–H groups in total. The van der Waals surface area contributed by atoms with Crippen LogP contribution in [0.3, 0.4) is 0 Å². The molecule has 96 valence electrons. The zero-order chi connectivity index (χ0) is 12.8. The highest BCUT2D eigenvalue weighted by molar-refractivity contribution is 6.30. The Morgan fingerprint density at radius 3 is 2.94 bits per heavy atom. The van der Waals surface area contributed by atoms with Crippen molar-refractivity contribution in [2.75, 3.05) is 6.54 Å². The quantitative estimate of drug-likeness (QED) is 0.817. The van der Waals surface area contributed by atoms with Crippen LogP contribution >= 0.6 is 11.6 Å². The molecular weight excluding hydrogens is 255 g/mol. The Morgan fingerprint density at radius 1 is 1.33 bits per heavy atom. The van der Waals surface area contributed by atoms with Gasteiger partial charge in [-0.2, -0.15) is 0 Å². The molecule has 0 unspecified atom stereocenters. The van der Waals surface area contributed by atoms with Gasteiger partial charge in [0.05, 0.1) is 6.20 Å². The van der Waals surface area contributed by atoms with Crippen molar-refractivity contribution in [1.82, 2.24) is 20.3 Å². The average Bonchev–Trinajstić information content (AvgIpc) is 2.80. The molecule has 1 aromatic heterocycles. The fourth-order valence-electron chi connectivity index (χ4n) is 1.66. The summed E-state index contributed by atoms with van der Waals surface area (Å²) in [5, 5.41) is 11.2. The standard InChI is InChI=1S/C12H14ClFN4/c13-11-6-10(7-12(14)8-11)9-15-2-1-4-18-5-3-16-17-18/h3,5-8,15H,1-2,4,9H2. The largest absolute Gasteiger partial charge is 0.313 e. The van der Waals surface area contributed by atoms with Gasteiger partial charge in [-0.25, -0.2) is 4.39 Å². The van der Waals surface area contributed by atoms with Crippen LogP contribution in [0.15, 0.2) is 30.6 Å². The maximum Gasteiger partial charge on any atom is 0.125 e. The number of halogens is 2. The first-order chi connectivity index (χ1) is 8.74. The van der Waals surface area contributed by atoms with E-state index >= 15 is 0 Å². The van der Waals surface area contributed by atoms with Crippen LogP contribution in [0.4, 0.5) is 4.39 Å². The van der Waals surface area contributed by atoms with Gasteiger partial charge in [-0.15, -0.1) is 5.10 Å². The van der Waals surface area contributed by atoms with E-state index in [1.807, 2.05) is 6.20 Å². The van der Waals surface area contributed by atoms with Gasteiger partial charge in [-0.1, -0.05) is 16.8 Å². The van der Waals surface area contributed by atoms with E-state index in [-0.39, 0.29) is 5.82 Å². The van der Waals surface area contributed by atoms with Gasteiger partial charge in [-0.3, -0.25) is 4.68 Å². The van der Waals surface area contributed by atoms with Crippen molar-refractivity contribution in [3.63, 3.8) is 0 Å². The van der Waals surface area contributed by atoms with E-state index in [0.717, 1.165) is 25.1 Å². The van der Waals surface area contributed by atoms with E-state index in [0.29, 0.717) is 11.6 Å². The van der Waals surface area contributed by atoms with Crippen LogP contribution in [0.2, 0.25) is 5.02 Å². The molecule has 4 nitrogen and oxygen atoms in total. The van der Waals surface area contributed by atoms with Crippen molar-refractivity contribution in [2.45, 2.75) is 19.5 Å². The molecule has 0 aliphatic heterocycles. The summed E-state index contributed by atoms with van der Waals surface area (Å²) in [5.41, 5.74) is 0.848. The molecule has 0 bridgehead atoms. The van der Waals surface area contributed by atoms with Gasteiger partial charge in [0.25, 0.3) is 0 Å². The van der Waals surface area contributed by atoms with Crippen molar-refractivity contribution < 1.29 is 4.39 Å². The minimum absolute atomic E-state index is 0.304. The first kappa shape index (κ1) is 13.0. The predicted octanol–water partition coefficient (Wildman–Crippen LogP) is 2.25. The monoisotopic (exact) mass is 268 g/mol. The van der Waals surface area contributed by atoms with Gasteiger partial charge in [0.2, 0.25) is 0 Å². The minimum atomic E-state index is -0.304. The third kappa shape index (κ3) is 4.09. The van der Waals surface area contributed by atoms with E-state index in [1.54, 1.807) is 16.9 Å². The lowest BCUT2D eigenvalue weighted by Crippen LogP contribution is -2.16. The fraction of sp³-hybridized carbons (Fsp3) is 0.333. The molecule has 0 saturated heterocycles. The molecule has 0 atom stereocenters. The maximum atomic E-state index is 13.1. The molecule has 2 aromatic rings. The zero-order valence-electron chi connectivity index (χ0n) is 9.81. The Balaban J connectivity index is 1.68. The molecule has 6 heteroatoms. The number of rotatable bonds is 6. The van der Waals surface area contributed by atoms with Crippen molar-refractivity contribution in [2.24, 2.45) is 0 Å². The van der Waals surface area contributed by atoms with Gasteiger partial charge in [0.1, 0.15) is 5.82 Å². The molecule has 0 radical (unpaired) electrons. The molecule has 0 spiro atoms. The van der Waals surface area contributed by atoms with Crippen LogP contribution in [-0.2, 0) is 13.1 Å². The van der Waals surface area contributed by atoms with Crippen molar-refractivity contribution in [1.29, 1.82) is 0 Å². The molecule has 0 saturated carbocycles. The Labute approximate surface area is 110 Å². The number of hydrogen-bond acceptors (Lipinski definition) is 3. The number of aromatic nitrogens is 3. The smallest absolute Gasteiger partial charge is 0.125 e. The van der Waals surface area contributed by atoms with E-state index in [4.69, 9.17) is 11.6 Å². The summed E-state index contributed by atoms with van der Waals surface area (Å²) >= 11 is 5.77. The van der Waals surface area contributed by atoms with Crippen LogP contribution in [-0.4, -0.2) is 21.5 Å². The Bertz CT molecular complexity index is 467. The van der Waals surface area contributed by atoms with Crippen molar-refractivity contribution >= 4 is 11.6 Å². The third-order valence-corrected chi connectivity index (χ3v) is 2.68. The van der Waals surface area contributed by atoms with E-state index < -0.39 is 0 Å². The number of aryl methyl sites for hydroxylation is 1. The van der Waals surface area contributed by atoms with Gasteiger partial charge in [0.15, 0.2) is 0 Å². The summed E-state index contributed by atoms with van der Waals surface area (Å²) in [6, 6.07) is 4.54. The molecule has 0 fully saturated rings. The lowest BCUT2D eigenvalue weighted by atomic mass is 10.2. The van der Waals surface area contributed by atoms with Crippen LogP contribution in [0.5, 0.6) is 0 Å². The maximum absolute atomic E-state index is 13.1. The number of nitrogens with one attached hydrogen (secondary N) is 1. The Morgan fingerprint density at radius 2 is 2.22 bits per heavy atom. The van der Waals surface area contributed by atoms with Crippen LogP contribution in [0.1, 0.15) is 12.0 Å². The van der Waals surface area contributed by atoms with Gasteiger partial charge >= 0.3 is 0 Å². The summed E-state index contributed by atoms with van der Waals surface area (Å²) in [6.07, 6.45) is 4.42. The van der Waals surface area contributed by atoms with Crippen LogP contribution in [0, 0.1) is 5.82 Å². The Hall–Kier alpha value is -1.46. The first-order valence-electron chi connectivity index (χ1n) is 5.74. The van der Waals surface area contributed by atoms with Crippen LogP contribution in [0.25, 0.3) is 0 Å². The summed E-state index contributed by atoms with van der Waals surface area (Å²) in [7, 11) is 0. The van der Waals surface area contributed by atoms with E-state index in [2.05, 4.69) is 15.6 Å². The molecule has 0 aliphatic rings. The molecule has 0 amide bonds. The number of benzene rings is 1. The van der Waals surface area contributed by atoms with E-state index in [1.165, 1.54) is 12.1 Å². The molecule has 18 heavy (non-hydrogen) atoms. The summed E-state index contributed by atoms with van der Waals surface area (Å²) < 4.78 is 14.8.